The zero-order chi connectivity index (χ0) is 22.4. The van der Waals surface area contributed by atoms with Gasteiger partial charge in [-0.05, 0) is 97.2 Å². The van der Waals surface area contributed by atoms with Gasteiger partial charge in [0, 0.05) is 40.9 Å². The third kappa shape index (κ3) is 3.59. The van der Waals surface area contributed by atoms with E-state index in [4.69, 9.17) is 6.57 Å². The number of hydrogen-bond donors (Lipinski definition) is 3. The average Bonchev–Trinajstić information content (AvgIpc) is 3.64. The summed E-state index contributed by atoms with van der Waals surface area (Å²) >= 11 is 0. The number of nitrogens with zero attached hydrogens (tertiary/aromatic N) is 2. The summed E-state index contributed by atoms with van der Waals surface area (Å²) in [5.74, 6) is 1.09. The van der Waals surface area contributed by atoms with Crippen LogP contribution in [-0.2, 0) is 0 Å². The van der Waals surface area contributed by atoms with E-state index in [-0.39, 0.29) is 0 Å². The maximum absolute atomic E-state index is 9.28. The molecule has 2 aliphatic carbocycles. The van der Waals surface area contributed by atoms with E-state index in [1.807, 2.05) is 36.4 Å². The highest BCUT2D eigenvalue weighted by Gasteiger charge is 2.33. The molecule has 5 heteroatoms. The molecule has 4 unspecified atom stereocenters. The SMILES string of the molecule is [C-]#[N+]c1ccc2[nH]cc(C3CCC(NC4CCC(c5c[nH]c6ccc(C#N)cc56)C4)C3)c2c1. The third-order valence-corrected chi connectivity index (χ3v) is 7.89. The second-order valence-electron chi connectivity index (χ2n) is 9.78. The minimum atomic E-state index is 0.544. The number of nitrogens with one attached hydrogen (secondary N) is 3. The summed E-state index contributed by atoms with van der Waals surface area (Å²) < 4.78 is 0. The normalized spacial score (nSPS) is 24.9. The molecule has 0 amide bonds. The lowest BCUT2D eigenvalue weighted by atomic mass is 9.96. The van der Waals surface area contributed by atoms with Crippen molar-refractivity contribution in [2.75, 3.05) is 0 Å². The van der Waals surface area contributed by atoms with Crippen molar-refractivity contribution in [3.05, 3.63) is 76.9 Å². The maximum atomic E-state index is 9.28. The van der Waals surface area contributed by atoms with Crippen molar-refractivity contribution >= 4 is 27.5 Å². The monoisotopic (exact) mass is 433 g/mol. The van der Waals surface area contributed by atoms with Gasteiger partial charge in [-0.15, -0.1) is 0 Å². The highest BCUT2D eigenvalue weighted by Crippen LogP contribution is 2.42. The molecule has 33 heavy (non-hydrogen) atoms. The predicted octanol–water partition coefficient (Wildman–Crippen LogP) is 6.63. The number of nitriles is 1. The Bertz CT molecular complexity index is 1300. The molecule has 5 nitrogen and oxygen atoms in total. The summed E-state index contributed by atoms with van der Waals surface area (Å²) in [5, 5.41) is 15.7. The summed E-state index contributed by atoms with van der Waals surface area (Å²) in [6.45, 7) is 7.33. The molecular weight excluding hydrogens is 406 g/mol. The van der Waals surface area contributed by atoms with E-state index in [1.54, 1.807) is 0 Å². The maximum Gasteiger partial charge on any atom is 0.187 e. The molecule has 2 fully saturated rings. The molecule has 2 heterocycles. The quantitative estimate of drug-likeness (QED) is 0.316. The Kier molecular flexibility index (Phi) is 4.93. The summed E-state index contributed by atoms with van der Waals surface area (Å²) in [6, 6.07) is 15.3. The first-order valence-corrected chi connectivity index (χ1v) is 12.0. The first-order chi connectivity index (χ1) is 16.2. The van der Waals surface area contributed by atoms with Crippen LogP contribution in [0.3, 0.4) is 0 Å². The second-order valence-corrected chi connectivity index (χ2v) is 9.78. The second kappa shape index (κ2) is 8.10. The fourth-order valence-electron chi connectivity index (χ4n) is 6.25. The van der Waals surface area contributed by atoms with Gasteiger partial charge in [-0.3, -0.25) is 0 Å². The van der Waals surface area contributed by atoms with Gasteiger partial charge in [0.15, 0.2) is 5.69 Å². The van der Waals surface area contributed by atoms with Gasteiger partial charge in [0.05, 0.1) is 18.2 Å². The van der Waals surface area contributed by atoms with E-state index < -0.39 is 0 Å². The third-order valence-electron chi connectivity index (χ3n) is 7.89. The van der Waals surface area contributed by atoms with Crippen LogP contribution >= 0.6 is 0 Å². The van der Waals surface area contributed by atoms with Crippen LogP contribution in [-0.4, -0.2) is 22.1 Å². The minimum absolute atomic E-state index is 0.544. The number of hydrogen-bond acceptors (Lipinski definition) is 2. The zero-order valence-electron chi connectivity index (χ0n) is 18.6. The van der Waals surface area contributed by atoms with Crippen LogP contribution in [0.1, 0.15) is 67.1 Å². The average molecular weight is 434 g/mol. The molecule has 2 saturated carbocycles. The van der Waals surface area contributed by atoms with E-state index in [1.165, 1.54) is 47.6 Å². The predicted molar refractivity (Wildman–Crippen MR) is 131 cm³/mol. The fraction of sp³-hybridized carbons (Fsp3) is 0.357. The van der Waals surface area contributed by atoms with E-state index in [0.29, 0.717) is 29.6 Å². The largest absolute Gasteiger partial charge is 0.361 e. The number of rotatable bonds is 4. The van der Waals surface area contributed by atoms with Crippen LogP contribution in [0.15, 0.2) is 48.8 Å². The Morgan fingerprint density at radius 1 is 0.848 bits per heavy atom. The Hall–Kier alpha value is -3.54. The van der Waals surface area contributed by atoms with Crippen molar-refractivity contribution in [1.82, 2.24) is 15.3 Å². The molecule has 0 aliphatic heterocycles. The summed E-state index contributed by atoms with van der Waals surface area (Å²) in [5.41, 5.74) is 6.44. The first-order valence-electron chi connectivity index (χ1n) is 12.0. The van der Waals surface area contributed by atoms with Crippen LogP contribution < -0.4 is 5.32 Å². The van der Waals surface area contributed by atoms with Gasteiger partial charge in [-0.2, -0.15) is 5.26 Å². The summed E-state index contributed by atoms with van der Waals surface area (Å²) in [7, 11) is 0. The van der Waals surface area contributed by atoms with Crippen LogP contribution in [0.5, 0.6) is 0 Å². The lowest BCUT2D eigenvalue weighted by molar-refractivity contribution is 0.429. The van der Waals surface area contributed by atoms with Crippen molar-refractivity contribution in [2.24, 2.45) is 0 Å². The number of benzene rings is 2. The molecule has 0 saturated heterocycles. The summed E-state index contributed by atoms with van der Waals surface area (Å²) in [6.07, 6.45) is 11.4. The van der Waals surface area contributed by atoms with Crippen LogP contribution in [0.2, 0.25) is 0 Å². The number of H-pyrrole nitrogens is 2. The van der Waals surface area contributed by atoms with Gasteiger partial charge in [-0.25, -0.2) is 4.85 Å². The molecule has 0 spiro atoms. The van der Waals surface area contributed by atoms with Crippen LogP contribution in [0.4, 0.5) is 5.69 Å². The minimum Gasteiger partial charge on any atom is -0.361 e. The van der Waals surface area contributed by atoms with Gasteiger partial charge in [-0.1, -0.05) is 6.07 Å². The Balaban J connectivity index is 1.13. The summed E-state index contributed by atoms with van der Waals surface area (Å²) in [4.78, 5) is 10.4. The number of fused-ring (bicyclic) bond motifs is 2. The Labute approximate surface area is 193 Å². The number of aromatic amines is 2. The topological polar surface area (TPSA) is 71.8 Å². The molecule has 6 rings (SSSR count). The van der Waals surface area contributed by atoms with Gasteiger partial charge in [0.2, 0.25) is 0 Å². The molecule has 164 valence electrons. The molecule has 2 aliphatic rings. The van der Waals surface area contributed by atoms with Gasteiger partial charge in [0.1, 0.15) is 0 Å². The molecule has 4 aromatic rings. The lowest BCUT2D eigenvalue weighted by Gasteiger charge is -2.19. The molecule has 0 bridgehead atoms. The molecule has 2 aromatic heterocycles. The standard InChI is InChI=1S/C28H27N5/c1-30-20-7-9-28-24(13-20)26(16-32-28)19-4-6-22(12-19)33-21-5-3-18(11-21)25-15-31-27-8-2-17(14-29)10-23(25)27/h2,7-10,13,15-16,18-19,21-22,31-33H,3-6,11-12H2. The highest BCUT2D eigenvalue weighted by molar-refractivity contribution is 5.87. The van der Waals surface area contributed by atoms with E-state index in [0.717, 1.165) is 29.4 Å². The molecule has 3 N–H and O–H groups in total. The number of aromatic nitrogens is 2. The highest BCUT2D eigenvalue weighted by atomic mass is 15.0. The van der Waals surface area contributed by atoms with E-state index in [2.05, 4.69) is 38.6 Å². The molecule has 4 atom stereocenters. The Morgan fingerprint density at radius 2 is 1.45 bits per heavy atom. The molecule has 2 aromatic carbocycles. The fourth-order valence-corrected chi connectivity index (χ4v) is 6.25. The smallest absolute Gasteiger partial charge is 0.187 e. The van der Waals surface area contributed by atoms with Crippen molar-refractivity contribution in [3.8, 4) is 6.07 Å². The van der Waals surface area contributed by atoms with E-state index in [9.17, 15) is 5.26 Å². The van der Waals surface area contributed by atoms with E-state index >= 15 is 0 Å². The van der Waals surface area contributed by atoms with Crippen molar-refractivity contribution in [3.63, 3.8) is 0 Å². The van der Waals surface area contributed by atoms with Crippen LogP contribution in [0, 0.1) is 17.9 Å². The van der Waals surface area contributed by atoms with Crippen molar-refractivity contribution in [1.29, 1.82) is 5.26 Å². The van der Waals surface area contributed by atoms with Gasteiger partial charge in [0.25, 0.3) is 0 Å². The van der Waals surface area contributed by atoms with Crippen molar-refractivity contribution in [2.45, 2.75) is 62.4 Å². The molecule has 0 radical (unpaired) electrons. The van der Waals surface area contributed by atoms with Crippen molar-refractivity contribution < 1.29 is 0 Å². The Morgan fingerprint density at radius 3 is 2.06 bits per heavy atom. The lowest BCUT2D eigenvalue weighted by Crippen LogP contribution is -2.35. The molecular formula is C28H27N5. The first kappa shape index (κ1) is 20.1. The van der Waals surface area contributed by atoms with Gasteiger partial charge < -0.3 is 15.3 Å². The zero-order valence-corrected chi connectivity index (χ0v) is 18.6. The van der Waals surface area contributed by atoms with Gasteiger partial charge >= 0.3 is 0 Å². The van der Waals surface area contributed by atoms with Crippen LogP contribution in [0.25, 0.3) is 26.7 Å².